The van der Waals surface area contributed by atoms with E-state index in [1.807, 2.05) is 0 Å². The summed E-state index contributed by atoms with van der Waals surface area (Å²) in [5.74, 6) is -6.89. The molecule has 0 aliphatic heterocycles. The predicted molar refractivity (Wildman–Crippen MR) is 164 cm³/mol. The molecule has 0 aliphatic rings. The summed E-state index contributed by atoms with van der Waals surface area (Å²) in [6, 6.07) is 30.3. The van der Waals surface area contributed by atoms with Gasteiger partial charge in [0, 0.05) is 15.6 Å². The van der Waals surface area contributed by atoms with E-state index in [2.05, 4.69) is 15.9 Å². The van der Waals surface area contributed by atoms with Gasteiger partial charge in [-0.1, -0.05) is 107 Å². The van der Waals surface area contributed by atoms with Gasteiger partial charge in [0.25, 0.3) is 0 Å². The fourth-order valence-electron chi connectivity index (χ4n) is 4.48. The Kier molecular flexibility index (Phi) is 8.97. The third-order valence-electron chi connectivity index (χ3n) is 6.63. The molecule has 0 saturated heterocycles. The van der Waals surface area contributed by atoms with Crippen molar-refractivity contribution < 1.29 is 38.9 Å². The molecule has 0 spiro atoms. The van der Waals surface area contributed by atoms with Crippen LogP contribution in [-0.4, -0.2) is 33.7 Å². The van der Waals surface area contributed by atoms with Crippen LogP contribution in [0.5, 0.6) is 17.2 Å². The molecule has 0 aliphatic carbocycles. The van der Waals surface area contributed by atoms with Crippen LogP contribution in [0.3, 0.4) is 0 Å². The summed E-state index contributed by atoms with van der Waals surface area (Å²) in [6.45, 7) is -0.248. The summed E-state index contributed by atoms with van der Waals surface area (Å²) < 4.78 is 11.4. The van der Waals surface area contributed by atoms with Gasteiger partial charge in [-0.15, -0.1) is 0 Å². The van der Waals surface area contributed by atoms with Crippen LogP contribution in [0, 0.1) is 0 Å². The topological polar surface area (TPSA) is 127 Å². The molecule has 0 fully saturated rings. The molecule has 2 N–H and O–H groups in total. The van der Waals surface area contributed by atoms with Crippen molar-refractivity contribution in [3.63, 3.8) is 0 Å². The van der Waals surface area contributed by atoms with Gasteiger partial charge in [-0.3, -0.25) is 9.59 Å². The number of esters is 2. The van der Waals surface area contributed by atoms with Gasteiger partial charge in [-0.25, -0.2) is 9.59 Å². The van der Waals surface area contributed by atoms with Crippen molar-refractivity contribution in [3.8, 4) is 17.2 Å². The van der Waals surface area contributed by atoms with Crippen LogP contribution in [-0.2, 0) is 11.3 Å². The maximum atomic E-state index is 14.2. The molecule has 44 heavy (non-hydrogen) atoms. The number of halogens is 1. The lowest BCUT2D eigenvalue weighted by atomic mass is 9.88. The number of rotatable bonds is 9. The third-order valence-corrected chi connectivity index (χ3v) is 7.32. The molecular formula is C35H23BrO8. The molecule has 9 heteroatoms. The number of benzene rings is 5. The van der Waals surface area contributed by atoms with E-state index in [1.165, 1.54) is 30.3 Å². The van der Waals surface area contributed by atoms with Gasteiger partial charge >= 0.3 is 11.9 Å². The summed E-state index contributed by atoms with van der Waals surface area (Å²) in [4.78, 5) is 55.2. The molecular weight excluding hydrogens is 628 g/mol. The lowest BCUT2D eigenvalue weighted by molar-refractivity contribution is 0.0464. The normalized spacial score (nSPS) is 10.6. The highest BCUT2D eigenvalue weighted by Crippen LogP contribution is 2.46. The van der Waals surface area contributed by atoms with Crippen LogP contribution in [0.1, 0.15) is 58.1 Å². The van der Waals surface area contributed by atoms with Crippen LogP contribution in [0.15, 0.2) is 120 Å². The first-order chi connectivity index (χ1) is 21.3. The first kappa shape index (κ1) is 29.9. The second-order valence-electron chi connectivity index (χ2n) is 9.47. The number of hydrogen-bond acceptors (Lipinski definition) is 8. The number of phenols is 2. The zero-order chi connectivity index (χ0) is 31.2. The average Bonchev–Trinajstić information content (AvgIpc) is 3.06. The fourth-order valence-corrected chi connectivity index (χ4v) is 4.94. The number of carbonyl (C=O) groups is 4. The molecule has 0 saturated carbocycles. The van der Waals surface area contributed by atoms with Crippen LogP contribution >= 0.6 is 15.9 Å². The summed E-state index contributed by atoms with van der Waals surface area (Å²) in [6.07, 6.45) is 0. The highest BCUT2D eigenvalue weighted by atomic mass is 79.9. The molecule has 0 heterocycles. The number of aromatic hydroxyl groups is 2. The van der Waals surface area contributed by atoms with E-state index >= 15 is 0 Å². The van der Waals surface area contributed by atoms with Crippen molar-refractivity contribution in [2.75, 3.05) is 0 Å². The van der Waals surface area contributed by atoms with Crippen molar-refractivity contribution in [1.82, 2.24) is 0 Å². The van der Waals surface area contributed by atoms with Crippen LogP contribution < -0.4 is 4.74 Å². The lowest BCUT2D eigenvalue weighted by Gasteiger charge is -2.20. The molecule has 0 aromatic heterocycles. The van der Waals surface area contributed by atoms with Crippen LogP contribution in [0.4, 0.5) is 0 Å². The van der Waals surface area contributed by atoms with Gasteiger partial charge in [0.1, 0.15) is 6.61 Å². The van der Waals surface area contributed by atoms with Gasteiger partial charge in [-0.05, 0) is 29.8 Å². The second-order valence-corrected chi connectivity index (χ2v) is 10.3. The maximum Gasteiger partial charge on any atom is 0.343 e. The van der Waals surface area contributed by atoms with Gasteiger partial charge in [0.05, 0.1) is 22.3 Å². The molecule has 0 unspecified atom stereocenters. The predicted octanol–water partition coefficient (Wildman–Crippen LogP) is 6.90. The number of ether oxygens (including phenoxy) is 2. The van der Waals surface area contributed by atoms with Gasteiger partial charge in [0.2, 0.25) is 5.75 Å². The highest BCUT2D eigenvalue weighted by Gasteiger charge is 2.38. The first-order valence-corrected chi connectivity index (χ1v) is 14.1. The molecule has 5 aromatic rings. The summed E-state index contributed by atoms with van der Waals surface area (Å²) in [5.41, 5.74) is -1.29. The van der Waals surface area contributed by atoms with Crippen LogP contribution in [0.2, 0.25) is 0 Å². The Labute approximate surface area is 260 Å². The molecule has 8 nitrogen and oxygen atoms in total. The highest BCUT2D eigenvalue weighted by molar-refractivity contribution is 9.10. The Morgan fingerprint density at radius 1 is 0.568 bits per heavy atom. The minimum Gasteiger partial charge on any atom is -0.504 e. The van der Waals surface area contributed by atoms with E-state index in [9.17, 15) is 29.4 Å². The molecule has 5 rings (SSSR count). The van der Waals surface area contributed by atoms with Crippen molar-refractivity contribution in [2.24, 2.45) is 0 Å². The molecule has 218 valence electrons. The van der Waals surface area contributed by atoms with E-state index < -0.39 is 57.4 Å². The zero-order valence-electron chi connectivity index (χ0n) is 22.9. The number of carbonyl (C=O) groups excluding carboxylic acids is 4. The minimum absolute atomic E-state index is 0.0184. The van der Waals surface area contributed by atoms with Gasteiger partial charge in [-0.2, -0.15) is 0 Å². The quantitative estimate of drug-likeness (QED) is 0.0763. The minimum atomic E-state index is -1.17. The van der Waals surface area contributed by atoms with Gasteiger partial charge in [0.15, 0.2) is 23.1 Å². The Bertz CT molecular complexity index is 1870. The van der Waals surface area contributed by atoms with E-state index in [0.717, 1.165) is 0 Å². The number of phenolic OH excluding ortho intramolecular Hbond substituents is 2. The Morgan fingerprint density at radius 2 is 1.11 bits per heavy atom. The summed E-state index contributed by atoms with van der Waals surface area (Å²) >= 11 is 3.32. The van der Waals surface area contributed by atoms with Crippen molar-refractivity contribution in [2.45, 2.75) is 6.61 Å². The van der Waals surface area contributed by atoms with Crippen molar-refractivity contribution >= 4 is 39.4 Å². The first-order valence-electron chi connectivity index (χ1n) is 13.3. The molecule has 0 bridgehead atoms. The monoisotopic (exact) mass is 650 g/mol. The molecule has 0 atom stereocenters. The van der Waals surface area contributed by atoms with E-state index in [4.69, 9.17) is 9.47 Å². The molecule has 0 amide bonds. The largest absolute Gasteiger partial charge is 0.504 e. The average molecular weight is 651 g/mol. The van der Waals surface area contributed by atoms with E-state index in [0.29, 0.717) is 10.0 Å². The SMILES string of the molecule is O=C(Oc1c(O)c(O)c(C(=O)c2ccccc2)c(C(=O)OCc2ccccc2)c1C(=O)c1ccccc1Br)c1ccccc1. The number of ketones is 2. The summed E-state index contributed by atoms with van der Waals surface area (Å²) in [5, 5.41) is 22.5. The Morgan fingerprint density at radius 3 is 1.73 bits per heavy atom. The smallest absolute Gasteiger partial charge is 0.343 e. The standard InChI is InChI=1S/C35H23BrO8/c36-25-19-11-10-18-24(25)30(38)28-26(35(42)43-20-21-12-4-1-5-13-21)27(29(37)22-14-6-2-7-15-22)31(39)32(40)33(28)44-34(41)23-16-8-3-9-17-23/h1-19,39-40H,20H2. The van der Waals surface area contributed by atoms with Crippen LogP contribution in [0.25, 0.3) is 0 Å². The Hall–Kier alpha value is -5.54. The van der Waals surface area contributed by atoms with E-state index in [1.54, 1.807) is 84.9 Å². The summed E-state index contributed by atoms with van der Waals surface area (Å²) in [7, 11) is 0. The third kappa shape index (κ3) is 6.13. The Balaban J connectivity index is 1.78. The van der Waals surface area contributed by atoms with E-state index in [-0.39, 0.29) is 23.3 Å². The van der Waals surface area contributed by atoms with Gasteiger partial charge < -0.3 is 19.7 Å². The molecule has 5 aromatic carbocycles. The van der Waals surface area contributed by atoms with Crippen molar-refractivity contribution in [3.05, 3.63) is 159 Å². The van der Waals surface area contributed by atoms with Crippen molar-refractivity contribution in [1.29, 1.82) is 0 Å². The fraction of sp³-hybridized carbons (Fsp3) is 0.0286. The lowest BCUT2D eigenvalue weighted by Crippen LogP contribution is -2.21. The molecule has 0 radical (unpaired) electrons. The number of hydrogen-bond donors (Lipinski definition) is 2. The zero-order valence-corrected chi connectivity index (χ0v) is 24.5. The maximum absolute atomic E-state index is 14.2. The second kappa shape index (κ2) is 13.2.